The van der Waals surface area contributed by atoms with Gasteiger partial charge in [-0.05, 0) is 24.6 Å². The predicted molar refractivity (Wildman–Crippen MR) is 100 cm³/mol. The largest absolute Gasteiger partial charge is 0.497 e. The van der Waals surface area contributed by atoms with E-state index in [1.54, 1.807) is 19.7 Å². The third-order valence-electron chi connectivity index (χ3n) is 3.50. The maximum atomic E-state index is 12.0. The maximum Gasteiger partial charge on any atom is 0.263 e. The minimum atomic E-state index is -0.0945. The summed E-state index contributed by atoms with van der Waals surface area (Å²) >= 11 is 1.35. The summed E-state index contributed by atoms with van der Waals surface area (Å²) < 4.78 is 5.14. The number of hydrogen-bond donors (Lipinski definition) is 3. The Morgan fingerprint density at radius 1 is 1.20 bits per heavy atom. The molecule has 2 rings (SSSR count). The molecule has 7 nitrogen and oxygen atoms in total. The van der Waals surface area contributed by atoms with Crippen molar-refractivity contribution in [2.75, 3.05) is 27.2 Å². The molecule has 8 heteroatoms. The second-order valence-electron chi connectivity index (χ2n) is 5.22. The van der Waals surface area contributed by atoms with E-state index in [0.717, 1.165) is 17.0 Å². The Bertz CT molecular complexity index is 712. The van der Waals surface area contributed by atoms with Gasteiger partial charge in [0.05, 0.1) is 18.3 Å². The molecule has 1 aromatic carbocycles. The number of aromatic nitrogens is 1. The molecule has 2 aromatic rings. The summed E-state index contributed by atoms with van der Waals surface area (Å²) in [5, 5.41) is 9.25. The lowest BCUT2D eigenvalue weighted by molar-refractivity contribution is 0.0957. The first-order valence-electron chi connectivity index (χ1n) is 7.89. The Balaban J connectivity index is 1.69. The highest BCUT2D eigenvalue weighted by molar-refractivity contribution is 7.11. The van der Waals surface area contributed by atoms with Crippen LogP contribution in [-0.4, -0.2) is 44.1 Å². The topological polar surface area (TPSA) is 87.6 Å². The zero-order valence-electron chi connectivity index (χ0n) is 14.6. The monoisotopic (exact) mass is 361 g/mol. The summed E-state index contributed by atoms with van der Waals surface area (Å²) in [5.74, 6) is 1.42. The zero-order chi connectivity index (χ0) is 18.1. The van der Waals surface area contributed by atoms with Gasteiger partial charge in [-0.25, -0.2) is 4.98 Å². The molecule has 0 saturated heterocycles. The van der Waals surface area contributed by atoms with Crippen molar-refractivity contribution < 1.29 is 9.53 Å². The SMILES string of the molecule is CN=C(NCCNC(=O)c1scnc1C)NCc1ccc(OC)cc1. The van der Waals surface area contributed by atoms with Crippen molar-refractivity contribution in [2.45, 2.75) is 13.5 Å². The molecule has 0 atom stereocenters. The van der Waals surface area contributed by atoms with Gasteiger partial charge in [0, 0.05) is 26.7 Å². The number of carbonyl (C=O) groups excluding carboxylic acids is 1. The fraction of sp³-hybridized carbons (Fsp3) is 0.353. The Kier molecular flexibility index (Phi) is 7.21. The summed E-state index contributed by atoms with van der Waals surface area (Å²) in [7, 11) is 3.36. The van der Waals surface area contributed by atoms with E-state index in [0.29, 0.717) is 30.5 Å². The number of benzene rings is 1. The van der Waals surface area contributed by atoms with Crippen molar-refractivity contribution in [3.8, 4) is 5.75 Å². The van der Waals surface area contributed by atoms with E-state index in [1.165, 1.54) is 11.3 Å². The predicted octanol–water partition coefficient (Wildman–Crippen LogP) is 1.56. The van der Waals surface area contributed by atoms with E-state index in [9.17, 15) is 4.79 Å². The van der Waals surface area contributed by atoms with Crippen molar-refractivity contribution in [3.05, 3.63) is 45.9 Å². The van der Waals surface area contributed by atoms with Gasteiger partial charge in [0.25, 0.3) is 5.91 Å². The summed E-state index contributed by atoms with van der Waals surface area (Å²) in [4.78, 5) is 20.9. The Labute approximate surface area is 151 Å². The minimum Gasteiger partial charge on any atom is -0.497 e. The van der Waals surface area contributed by atoms with Gasteiger partial charge in [0.1, 0.15) is 10.6 Å². The summed E-state index contributed by atoms with van der Waals surface area (Å²) in [6.07, 6.45) is 0. The highest BCUT2D eigenvalue weighted by Crippen LogP contribution is 2.11. The highest BCUT2D eigenvalue weighted by Gasteiger charge is 2.10. The van der Waals surface area contributed by atoms with Crippen LogP contribution in [0.15, 0.2) is 34.8 Å². The number of amides is 1. The Morgan fingerprint density at radius 3 is 2.52 bits per heavy atom. The van der Waals surface area contributed by atoms with Crippen LogP contribution < -0.4 is 20.7 Å². The molecule has 3 N–H and O–H groups in total. The van der Waals surface area contributed by atoms with Gasteiger partial charge in [0.2, 0.25) is 0 Å². The van der Waals surface area contributed by atoms with Crippen molar-refractivity contribution >= 4 is 23.2 Å². The molecular formula is C17H23N5O2S. The average molecular weight is 361 g/mol. The van der Waals surface area contributed by atoms with Crippen molar-refractivity contribution in [1.29, 1.82) is 0 Å². The second-order valence-corrected chi connectivity index (χ2v) is 6.08. The molecule has 0 spiro atoms. The van der Waals surface area contributed by atoms with E-state index in [-0.39, 0.29) is 5.91 Å². The molecule has 0 saturated carbocycles. The second kappa shape index (κ2) is 9.63. The van der Waals surface area contributed by atoms with Gasteiger partial charge < -0.3 is 20.7 Å². The van der Waals surface area contributed by atoms with Crippen LogP contribution in [-0.2, 0) is 6.54 Å². The van der Waals surface area contributed by atoms with E-state index in [4.69, 9.17) is 4.74 Å². The van der Waals surface area contributed by atoms with Gasteiger partial charge in [0.15, 0.2) is 5.96 Å². The third kappa shape index (κ3) is 5.75. The number of nitrogens with zero attached hydrogens (tertiary/aromatic N) is 2. The summed E-state index contributed by atoms with van der Waals surface area (Å²) in [5.41, 5.74) is 3.55. The van der Waals surface area contributed by atoms with E-state index >= 15 is 0 Å². The molecule has 1 aromatic heterocycles. The van der Waals surface area contributed by atoms with Crippen LogP contribution in [0.2, 0.25) is 0 Å². The first-order valence-corrected chi connectivity index (χ1v) is 8.77. The Hall–Kier alpha value is -2.61. The molecule has 0 aliphatic rings. The van der Waals surface area contributed by atoms with Crippen LogP contribution in [0.3, 0.4) is 0 Å². The number of methoxy groups -OCH3 is 1. The van der Waals surface area contributed by atoms with Crippen LogP contribution in [0.5, 0.6) is 5.75 Å². The van der Waals surface area contributed by atoms with Crippen molar-refractivity contribution in [3.63, 3.8) is 0 Å². The minimum absolute atomic E-state index is 0.0945. The quantitative estimate of drug-likeness (QED) is 0.396. The molecule has 1 amide bonds. The van der Waals surface area contributed by atoms with Gasteiger partial charge in [-0.3, -0.25) is 9.79 Å². The van der Waals surface area contributed by atoms with Gasteiger partial charge in [-0.2, -0.15) is 0 Å². The molecule has 25 heavy (non-hydrogen) atoms. The number of guanidine groups is 1. The number of hydrogen-bond acceptors (Lipinski definition) is 5. The smallest absolute Gasteiger partial charge is 0.263 e. The molecule has 134 valence electrons. The van der Waals surface area contributed by atoms with E-state index < -0.39 is 0 Å². The number of aryl methyl sites for hydroxylation is 1. The molecule has 0 radical (unpaired) electrons. The number of aliphatic imine (C=N–C) groups is 1. The fourth-order valence-electron chi connectivity index (χ4n) is 2.11. The number of nitrogens with one attached hydrogen (secondary N) is 3. The lowest BCUT2D eigenvalue weighted by Gasteiger charge is -2.12. The zero-order valence-corrected chi connectivity index (χ0v) is 15.4. The molecule has 0 fully saturated rings. The van der Waals surface area contributed by atoms with Crippen LogP contribution in [0, 0.1) is 6.92 Å². The maximum absolute atomic E-state index is 12.0. The van der Waals surface area contributed by atoms with Crippen LogP contribution >= 0.6 is 11.3 Å². The average Bonchev–Trinajstić information content (AvgIpc) is 3.07. The van der Waals surface area contributed by atoms with Crippen LogP contribution in [0.1, 0.15) is 20.9 Å². The van der Waals surface area contributed by atoms with Crippen molar-refractivity contribution in [2.24, 2.45) is 4.99 Å². The van der Waals surface area contributed by atoms with Crippen molar-refractivity contribution in [1.82, 2.24) is 20.9 Å². The molecule has 0 unspecified atom stereocenters. The third-order valence-corrected chi connectivity index (χ3v) is 4.42. The van der Waals surface area contributed by atoms with Crippen LogP contribution in [0.4, 0.5) is 0 Å². The van der Waals surface area contributed by atoms with E-state index in [2.05, 4.69) is 25.9 Å². The van der Waals surface area contributed by atoms with Gasteiger partial charge >= 0.3 is 0 Å². The fourth-order valence-corrected chi connectivity index (χ4v) is 2.83. The van der Waals surface area contributed by atoms with E-state index in [1.807, 2.05) is 31.2 Å². The number of thiazole rings is 1. The molecule has 0 aliphatic heterocycles. The number of rotatable bonds is 7. The molecule has 1 heterocycles. The molecular weight excluding hydrogens is 338 g/mol. The summed E-state index contributed by atoms with van der Waals surface area (Å²) in [6, 6.07) is 7.84. The number of carbonyl (C=O) groups is 1. The molecule has 0 aliphatic carbocycles. The van der Waals surface area contributed by atoms with Gasteiger partial charge in [-0.1, -0.05) is 12.1 Å². The number of ether oxygens (including phenoxy) is 1. The normalized spacial score (nSPS) is 11.1. The summed E-state index contributed by atoms with van der Waals surface area (Å²) in [6.45, 7) is 3.55. The first kappa shape index (κ1) is 18.7. The highest BCUT2D eigenvalue weighted by atomic mass is 32.1. The standard InChI is InChI=1S/C17H23N5O2S/c1-12-15(25-11-22-12)16(23)19-8-9-20-17(18-2)21-10-13-4-6-14(24-3)7-5-13/h4-7,11H,8-10H2,1-3H3,(H,19,23)(H2,18,20,21). The lowest BCUT2D eigenvalue weighted by Crippen LogP contribution is -2.41. The lowest BCUT2D eigenvalue weighted by atomic mass is 10.2. The molecule has 0 bridgehead atoms. The van der Waals surface area contributed by atoms with Gasteiger partial charge in [-0.15, -0.1) is 11.3 Å². The first-order chi connectivity index (χ1) is 12.1. The Morgan fingerprint density at radius 2 is 1.92 bits per heavy atom. The van der Waals surface area contributed by atoms with Crippen LogP contribution in [0.25, 0.3) is 0 Å².